The summed E-state index contributed by atoms with van der Waals surface area (Å²) in [5.74, 6) is 0.179. The van der Waals surface area contributed by atoms with E-state index in [2.05, 4.69) is 30.6 Å². The fraction of sp³-hybridized carbons (Fsp3) is 0.463. The van der Waals surface area contributed by atoms with Gasteiger partial charge in [0.2, 0.25) is 11.8 Å². The molecule has 4 aromatic rings. The molecule has 16 heteroatoms. The molecule has 2 aromatic carbocycles. The highest BCUT2D eigenvalue weighted by molar-refractivity contribution is 7.99. The van der Waals surface area contributed by atoms with Crippen molar-refractivity contribution in [2.24, 2.45) is 11.8 Å². The molecule has 5 atom stereocenters. The number of nitrogens with zero attached hydrogens (tertiary/aromatic N) is 4. The third kappa shape index (κ3) is 8.95. The van der Waals surface area contributed by atoms with Crippen LogP contribution in [0, 0.1) is 17.7 Å². The van der Waals surface area contributed by atoms with Crippen LogP contribution >= 0.6 is 11.8 Å². The van der Waals surface area contributed by atoms with Crippen molar-refractivity contribution in [3.8, 4) is 33.6 Å². The minimum atomic E-state index is -0.760. The Morgan fingerprint density at radius 3 is 1.86 bits per heavy atom. The standard InChI is InChI=1S/C41H51FN8O6S/c1-22(2)34(47-40(53)55-5)38(51)49-16-8-9-32(49)36-43-19-30(45-36)25-12-10-24(11-13-25)28-15-14-26(17-29(28)42)31-20-44-37(46-31)33-18-27(57-7)21-50(33)39(52)35(23(3)4)48-41(54)56-6/h10-15,17,19-20,22-23,27,32-35H,8-9,16,18,21H2,1-7H3,(H,43,45)(H,44,46)(H,47,53)(H,48,54). The number of rotatable bonds is 12. The number of imidazole rings is 2. The van der Waals surface area contributed by atoms with Gasteiger partial charge in [0.25, 0.3) is 0 Å². The first kappa shape index (κ1) is 41.3. The van der Waals surface area contributed by atoms with Gasteiger partial charge in [-0.3, -0.25) is 9.59 Å². The number of nitrogens with one attached hydrogen (secondary N) is 4. The number of H-pyrrole nitrogens is 2. The summed E-state index contributed by atoms with van der Waals surface area (Å²) in [6.45, 7) is 8.56. The highest BCUT2D eigenvalue weighted by Crippen LogP contribution is 2.38. The summed E-state index contributed by atoms with van der Waals surface area (Å²) in [5, 5.41) is 5.54. The van der Waals surface area contributed by atoms with E-state index < -0.39 is 30.1 Å². The van der Waals surface area contributed by atoms with Crippen LogP contribution < -0.4 is 10.6 Å². The molecule has 5 unspecified atom stereocenters. The van der Waals surface area contributed by atoms with Crippen molar-refractivity contribution in [1.29, 1.82) is 0 Å². The van der Waals surface area contributed by atoms with Crippen molar-refractivity contribution in [1.82, 2.24) is 40.4 Å². The molecule has 0 saturated carbocycles. The summed E-state index contributed by atoms with van der Waals surface area (Å²) in [5.41, 5.74) is 3.98. The topological polar surface area (TPSA) is 175 Å². The zero-order valence-corrected chi connectivity index (χ0v) is 34.1. The molecule has 4 N–H and O–H groups in total. The minimum Gasteiger partial charge on any atom is -0.453 e. The number of ether oxygens (including phenoxy) is 2. The summed E-state index contributed by atoms with van der Waals surface area (Å²) >= 11 is 1.68. The number of likely N-dealkylation sites (tertiary alicyclic amines) is 2. The second-order valence-corrected chi connectivity index (χ2v) is 16.3. The fourth-order valence-corrected chi connectivity index (χ4v) is 8.28. The van der Waals surface area contributed by atoms with Crippen LogP contribution in [0.4, 0.5) is 14.0 Å². The van der Waals surface area contributed by atoms with Crippen molar-refractivity contribution in [2.75, 3.05) is 33.6 Å². The van der Waals surface area contributed by atoms with Gasteiger partial charge in [-0.25, -0.2) is 23.9 Å². The van der Waals surface area contributed by atoms with E-state index >= 15 is 4.39 Å². The van der Waals surface area contributed by atoms with Gasteiger partial charge in [-0.2, -0.15) is 11.8 Å². The second-order valence-electron chi connectivity index (χ2n) is 15.1. The lowest BCUT2D eigenvalue weighted by Crippen LogP contribution is -2.51. The monoisotopic (exact) mass is 802 g/mol. The first-order valence-corrected chi connectivity index (χ1v) is 20.4. The van der Waals surface area contributed by atoms with E-state index in [0.29, 0.717) is 53.5 Å². The number of aromatic nitrogens is 4. The van der Waals surface area contributed by atoms with Crippen LogP contribution in [0.25, 0.3) is 33.6 Å². The van der Waals surface area contributed by atoms with Gasteiger partial charge in [-0.1, -0.05) is 64.1 Å². The van der Waals surface area contributed by atoms with E-state index in [9.17, 15) is 19.2 Å². The lowest BCUT2D eigenvalue weighted by molar-refractivity contribution is -0.136. The minimum absolute atomic E-state index is 0.134. The number of thioether (sulfide) groups is 1. The Hall–Kier alpha value is -5.38. The maximum Gasteiger partial charge on any atom is 0.407 e. The first-order valence-electron chi connectivity index (χ1n) is 19.2. The van der Waals surface area contributed by atoms with Gasteiger partial charge in [0, 0.05) is 29.5 Å². The molecule has 4 heterocycles. The maximum atomic E-state index is 15.8. The van der Waals surface area contributed by atoms with Gasteiger partial charge in [-0.05, 0) is 54.5 Å². The summed E-state index contributed by atoms with van der Waals surface area (Å²) in [4.78, 5) is 70.8. The number of carbonyl (C=O) groups is 4. The molecule has 0 bridgehead atoms. The van der Waals surface area contributed by atoms with Crippen LogP contribution in [0.1, 0.15) is 70.7 Å². The lowest BCUT2D eigenvalue weighted by atomic mass is 10.0. The molecule has 2 fully saturated rings. The van der Waals surface area contributed by atoms with Crippen molar-refractivity contribution >= 4 is 35.8 Å². The van der Waals surface area contributed by atoms with E-state index in [-0.39, 0.29) is 41.0 Å². The van der Waals surface area contributed by atoms with Gasteiger partial charge in [0.1, 0.15) is 29.5 Å². The molecule has 4 amide bonds. The number of hydrogen-bond acceptors (Lipinski definition) is 9. The summed E-state index contributed by atoms with van der Waals surface area (Å²) < 4.78 is 25.3. The van der Waals surface area contributed by atoms with Crippen molar-refractivity contribution < 1.29 is 33.0 Å². The number of carbonyl (C=O) groups excluding carboxylic acids is 4. The number of benzene rings is 2. The third-order valence-electron chi connectivity index (χ3n) is 10.8. The van der Waals surface area contributed by atoms with Crippen LogP contribution in [0.2, 0.25) is 0 Å². The number of aromatic amines is 2. The zero-order valence-electron chi connectivity index (χ0n) is 33.3. The number of halogens is 1. The SMILES string of the molecule is COC(=O)NC(C(=O)N1CCCC1c1ncc(-c2ccc(-c3ccc(-c4cnc(C5CC(SC)CN5C(=O)C(NC(=O)OC)C(C)C)[nH]4)cc3F)cc2)[nH]1)C(C)C. The van der Waals surface area contributed by atoms with E-state index in [1.165, 1.54) is 20.3 Å². The van der Waals surface area contributed by atoms with E-state index in [4.69, 9.17) is 9.47 Å². The molecule has 2 aromatic heterocycles. The average Bonchev–Trinajstić information content (AvgIpc) is 4.04. The molecule has 304 valence electrons. The van der Waals surface area contributed by atoms with Crippen LogP contribution in [0.15, 0.2) is 54.9 Å². The normalized spacial score (nSPS) is 19.2. The summed E-state index contributed by atoms with van der Waals surface area (Å²) in [6.07, 6.45) is 6.31. The largest absolute Gasteiger partial charge is 0.453 e. The molecular formula is C41H51FN8O6S. The van der Waals surface area contributed by atoms with E-state index in [0.717, 1.165) is 24.1 Å². The van der Waals surface area contributed by atoms with Gasteiger partial charge in [0.05, 0.1) is 50.1 Å². The number of alkyl carbamates (subject to hydrolysis) is 2. The number of hydrogen-bond donors (Lipinski definition) is 4. The Balaban J connectivity index is 1.15. The average molecular weight is 803 g/mol. The van der Waals surface area contributed by atoms with Gasteiger partial charge < -0.3 is 39.9 Å². The predicted molar refractivity (Wildman–Crippen MR) is 215 cm³/mol. The molecule has 6 rings (SSSR count). The molecule has 0 radical (unpaired) electrons. The zero-order chi connectivity index (χ0) is 41.0. The predicted octanol–water partition coefficient (Wildman–Crippen LogP) is 6.70. The second kappa shape index (κ2) is 17.8. The fourth-order valence-electron chi connectivity index (χ4n) is 7.59. The first-order chi connectivity index (χ1) is 27.3. The van der Waals surface area contributed by atoms with Gasteiger partial charge in [-0.15, -0.1) is 0 Å². The summed E-state index contributed by atoms with van der Waals surface area (Å²) in [7, 11) is 2.54. The maximum absolute atomic E-state index is 15.8. The molecule has 0 aliphatic carbocycles. The molecule has 57 heavy (non-hydrogen) atoms. The highest BCUT2D eigenvalue weighted by Gasteiger charge is 2.41. The highest BCUT2D eigenvalue weighted by atomic mass is 32.2. The van der Waals surface area contributed by atoms with Crippen molar-refractivity contribution in [2.45, 2.75) is 76.4 Å². The van der Waals surface area contributed by atoms with E-state index in [1.807, 2.05) is 64.3 Å². The molecular weight excluding hydrogens is 752 g/mol. The Labute approximate surface area is 336 Å². The van der Waals surface area contributed by atoms with Gasteiger partial charge >= 0.3 is 12.2 Å². The third-order valence-corrected chi connectivity index (χ3v) is 11.8. The van der Waals surface area contributed by atoms with Crippen LogP contribution in [0.5, 0.6) is 0 Å². The number of methoxy groups -OCH3 is 2. The molecule has 2 aliphatic heterocycles. The Bertz CT molecular complexity index is 2070. The van der Waals surface area contributed by atoms with E-state index in [1.54, 1.807) is 40.0 Å². The number of amides is 4. The molecule has 2 aliphatic rings. The quantitative estimate of drug-likeness (QED) is 0.122. The summed E-state index contributed by atoms with van der Waals surface area (Å²) in [6, 6.07) is 10.5. The van der Waals surface area contributed by atoms with Crippen molar-refractivity contribution in [3.63, 3.8) is 0 Å². The smallest absolute Gasteiger partial charge is 0.407 e. The Morgan fingerprint density at radius 1 is 0.789 bits per heavy atom. The van der Waals surface area contributed by atoms with Crippen LogP contribution in [-0.4, -0.2) is 105 Å². The Morgan fingerprint density at radius 2 is 1.32 bits per heavy atom. The van der Waals surface area contributed by atoms with Crippen LogP contribution in [-0.2, 0) is 19.1 Å². The molecule has 14 nitrogen and oxygen atoms in total. The van der Waals surface area contributed by atoms with Crippen LogP contribution in [0.3, 0.4) is 0 Å². The Kier molecular flexibility index (Phi) is 12.9. The molecule has 0 spiro atoms. The molecule has 2 saturated heterocycles. The van der Waals surface area contributed by atoms with Gasteiger partial charge in [0.15, 0.2) is 0 Å². The lowest BCUT2D eigenvalue weighted by Gasteiger charge is -2.30. The van der Waals surface area contributed by atoms with Crippen molar-refractivity contribution in [3.05, 3.63) is 72.3 Å².